The van der Waals surface area contributed by atoms with E-state index in [1.165, 1.54) is 11.0 Å². The predicted molar refractivity (Wildman–Crippen MR) is 104 cm³/mol. The lowest BCUT2D eigenvalue weighted by Crippen LogP contribution is -2.05. The molecule has 0 N–H and O–H groups in total. The van der Waals surface area contributed by atoms with E-state index in [1.807, 2.05) is 32.0 Å². The van der Waals surface area contributed by atoms with E-state index < -0.39 is 0 Å². The summed E-state index contributed by atoms with van der Waals surface area (Å²) in [6.07, 6.45) is 5.81. The predicted octanol–water partition coefficient (Wildman–Crippen LogP) is 3.28. The Bertz CT molecular complexity index is 1030. The maximum atomic E-state index is 12.7. The summed E-state index contributed by atoms with van der Waals surface area (Å²) in [7, 11) is 0. The number of carbonyl (C=O) groups is 1. The molecule has 0 unspecified atom stereocenters. The second-order valence-corrected chi connectivity index (χ2v) is 6.57. The number of ether oxygens (including phenoxy) is 2. The van der Waals surface area contributed by atoms with Gasteiger partial charge in [0.15, 0.2) is 5.78 Å². The Morgan fingerprint density at radius 2 is 2.25 bits per heavy atom. The molecule has 0 fully saturated rings. The van der Waals surface area contributed by atoms with E-state index in [1.54, 1.807) is 30.4 Å². The van der Waals surface area contributed by atoms with Crippen molar-refractivity contribution < 1.29 is 14.3 Å². The van der Waals surface area contributed by atoms with Crippen LogP contribution in [0.5, 0.6) is 11.5 Å². The van der Waals surface area contributed by atoms with Crippen molar-refractivity contribution in [1.82, 2.24) is 20.2 Å². The van der Waals surface area contributed by atoms with Gasteiger partial charge in [-0.15, -0.1) is 5.10 Å². The Hall–Kier alpha value is -3.48. The number of allylic oxidation sites excluding steroid dienone is 1. The number of aromatic nitrogens is 4. The van der Waals surface area contributed by atoms with E-state index in [0.717, 1.165) is 34.7 Å². The lowest BCUT2D eigenvalue weighted by molar-refractivity contribution is 0.104. The van der Waals surface area contributed by atoms with Gasteiger partial charge in [0, 0.05) is 23.1 Å². The van der Waals surface area contributed by atoms with Gasteiger partial charge in [-0.3, -0.25) is 4.79 Å². The van der Waals surface area contributed by atoms with Crippen molar-refractivity contribution in [3.8, 4) is 17.2 Å². The number of hydrogen-bond acceptors (Lipinski definition) is 6. The van der Waals surface area contributed by atoms with Crippen molar-refractivity contribution in [2.45, 2.75) is 26.4 Å². The molecule has 0 bridgehead atoms. The van der Waals surface area contributed by atoms with Crippen molar-refractivity contribution in [3.05, 3.63) is 65.5 Å². The Labute approximate surface area is 162 Å². The molecule has 2 heterocycles. The molecule has 0 saturated carbocycles. The molecule has 1 aliphatic rings. The highest BCUT2D eigenvalue weighted by molar-refractivity contribution is 6.07. The van der Waals surface area contributed by atoms with Crippen molar-refractivity contribution in [2.24, 2.45) is 0 Å². The molecule has 0 spiro atoms. The third-order valence-electron chi connectivity index (χ3n) is 4.49. The minimum absolute atomic E-state index is 0.118. The van der Waals surface area contributed by atoms with Crippen LogP contribution in [-0.2, 0) is 6.42 Å². The van der Waals surface area contributed by atoms with Gasteiger partial charge < -0.3 is 9.47 Å². The first-order valence-electron chi connectivity index (χ1n) is 9.16. The molecule has 3 aromatic rings. The summed E-state index contributed by atoms with van der Waals surface area (Å²) in [5.41, 5.74) is 3.22. The topological polar surface area (TPSA) is 79.1 Å². The van der Waals surface area contributed by atoms with Gasteiger partial charge in [-0.25, -0.2) is 4.68 Å². The van der Waals surface area contributed by atoms with E-state index in [-0.39, 0.29) is 11.9 Å². The first-order valence-corrected chi connectivity index (χ1v) is 9.16. The van der Waals surface area contributed by atoms with Gasteiger partial charge in [0.25, 0.3) is 0 Å². The molecule has 0 saturated heterocycles. The van der Waals surface area contributed by atoms with E-state index in [2.05, 4.69) is 15.5 Å². The second-order valence-electron chi connectivity index (χ2n) is 6.57. The summed E-state index contributed by atoms with van der Waals surface area (Å²) in [5, 5.41) is 11.1. The Morgan fingerprint density at radius 1 is 1.36 bits per heavy atom. The first kappa shape index (κ1) is 17.9. The van der Waals surface area contributed by atoms with E-state index in [9.17, 15) is 4.79 Å². The van der Waals surface area contributed by atoms with Gasteiger partial charge in [-0.05, 0) is 60.7 Å². The minimum Gasteiger partial charge on any atom is -0.493 e. The molecular weight excluding hydrogens is 356 g/mol. The Balaban J connectivity index is 1.60. The van der Waals surface area contributed by atoms with Crippen LogP contribution in [0.4, 0.5) is 0 Å². The van der Waals surface area contributed by atoms with Crippen LogP contribution in [0.15, 0.2) is 48.8 Å². The summed E-state index contributed by atoms with van der Waals surface area (Å²) in [4.78, 5) is 12.7. The van der Waals surface area contributed by atoms with Crippen LogP contribution in [0, 0.1) is 0 Å². The summed E-state index contributed by atoms with van der Waals surface area (Å²) >= 11 is 0. The molecule has 4 rings (SSSR count). The zero-order chi connectivity index (χ0) is 19.5. The van der Waals surface area contributed by atoms with Crippen LogP contribution in [0.3, 0.4) is 0 Å². The fraction of sp³-hybridized carbons (Fsp3) is 0.238. The SMILES string of the molecule is CCOc1cc2c(cc1/C=C/C(=O)c1cccc(-n3cnnn3)c1)O[C@@H](C)C2. The van der Waals surface area contributed by atoms with Gasteiger partial charge in [-0.2, -0.15) is 0 Å². The number of tetrazole rings is 1. The average Bonchev–Trinajstić information content (AvgIpc) is 3.35. The number of benzene rings is 2. The van der Waals surface area contributed by atoms with Crippen LogP contribution in [0.1, 0.15) is 35.3 Å². The molecule has 1 atom stereocenters. The monoisotopic (exact) mass is 376 g/mol. The Morgan fingerprint density at radius 3 is 3.04 bits per heavy atom. The lowest BCUT2D eigenvalue weighted by atomic mass is 10.0. The molecule has 142 valence electrons. The molecule has 0 aliphatic carbocycles. The van der Waals surface area contributed by atoms with Crippen molar-refractivity contribution in [2.75, 3.05) is 6.61 Å². The van der Waals surface area contributed by atoms with Gasteiger partial charge in [0.1, 0.15) is 23.9 Å². The summed E-state index contributed by atoms with van der Waals surface area (Å²) in [6.45, 7) is 4.53. The van der Waals surface area contributed by atoms with E-state index in [4.69, 9.17) is 9.47 Å². The minimum atomic E-state index is -0.118. The number of rotatable bonds is 6. The second kappa shape index (κ2) is 7.64. The molecule has 7 heteroatoms. The number of carbonyl (C=O) groups excluding carboxylic acids is 1. The summed E-state index contributed by atoms with van der Waals surface area (Å²) in [5.74, 6) is 1.49. The van der Waals surface area contributed by atoms with Crippen molar-refractivity contribution in [3.63, 3.8) is 0 Å². The van der Waals surface area contributed by atoms with Crippen molar-refractivity contribution >= 4 is 11.9 Å². The number of nitrogens with zero attached hydrogens (tertiary/aromatic N) is 4. The molecular formula is C21H20N4O3. The lowest BCUT2D eigenvalue weighted by Gasteiger charge is -2.10. The third kappa shape index (κ3) is 3.64. The third-order valence-corrected chi connectivity index (χ3v) is 4.49. The molecule has 0 amide bonds. The maximum absolute atomic E-state index is 12.7. The van der Waals surface area contributed by atoms with Crippen LogP contribution in [-0.4, -0.2) is 38.7 Å². The zero-order valence-electron chi connectivity index (χ0n) is 15.7. The van der Waals surface area contributed by atoms with Crippen molar-refractivity contribution in [1.29, 1.82) is 0 Å². The largest absolute Gasteiger partial charge is 0.493 e. The van der Waals surface area contributed by atoms with Crippen LogP contribution < -0.4 is 9.47 Å². The van der Waals surface area contributed by atoms with Crippen LogP contribution in [0.2, 0.25) is 0 Å². The molecule has 1 aromatic heterocycles. The number of fused-ring (bicyclic) bond motifs is 1. The fourth-order valence-corrected chi connectivity index (χ4v) is 3.21. The Kier molecular flexibility index (Phi) is 4.89. The fourth-order valence-electron chi connectivity index (χ4n) is 3.21. The number of ketones is 1. The van der Waals surface area contributed by atoms with E-state index in [0.29, 0.717) is 12.2 Å². The van der Waals surface area contributed by atoms with Gasteiger partial charge in [0.05, 0.1) is 12.3 Å². The highest BCUT2D eigenvalue weighted by Crippen LogP contribution is 2.35. The van der Waals surface area contributed by atoms with Gasteiger partial charge in [-0.1, -0.05) is 12.1 Å². The number of hydrogen-bond donors (Lipinski definition) is 0. The molecule has 0 radical (unpaired) electrons. The molecule has 28 heavy (non-hydrogen) atoms. The van der Waals surface area contributed by atoms with Gasteiger partial charge in [0.2, 0.25) is 0 Å². The quantitative estimate of drug-likeness (QED) is 0.485. The molecule has 2 aromatic carbocycles. The summed E-state index contributed by atoms with van der Waals surface area (Å²) in [6, 6.07) is 11.1. The average molecular weight is 376 g/mol. The first-order chi connectivity index (χ1) is 13.6. The zero-order valence-corrected chi connectivity index (χ0v) is 15.7. The maximum Gasteiger partial charge on any atom is 0.185 e. The van der Waals surface area contributed by atoms with Crippen LogP contribution >= 0.6 is 0 Å². The van der Waals surface area contributed by atoms with Gasteiger partial charge >= 0.3 is 0 Å². The highest BCUT2D eigenvalue weighted by Gasteiger charge is 2.21. The molecule has 7 nitrogen and oxygen atoms in total. The summed E-state index contributed by atoms with van der Waals surface area (Å²) < 4.78 is 13.1. The standard InChI is InChI=1S/C21H20N4O3/c1-3-27-20-12-17-9-14(2)28-21(17)11-16(20)7-8-19(26)15-5-4-6-18(10-15)25-13-22-23-24-25/h4-8,10-14H,3,9H2,1-2H3/b8-7+/t14-/m0/s1. The van der Waals surface area contributed by atoms with Crippen LogP contribution in [0.25, 0.3) is 11.8 Å². The smallest absolute Gasteiger partial charge is 0.185 e. The molecule has 1 aliphatic heterocycles. The normalized spacial score (nSPS) is 15.4. The highest BCUT2D eigenvalue weighted by atomic mass is 16.5. The van der Waals surface area contributed by atoms with E-state index >= 15 is 0 Å².